The Labute approximate surface area is 180 Å². The standard InChI is InChI=1S/C22H24Cl2O5/c1-2-22-6-5-14(25)9-16(22)19-13(10-22)8-17(20(23)21(19)24)28-12-18(26)29-11-15-4-3-7-27-15/h8-9,15H,2-7,10-12H2,1H3. The molecule has 0 N–H and O–H groups in total. The van der Waals surface area contributed by atoms with Gasteiger partial charge in [0.2, 0.25) is 0 Å². The normalized spacial score (nSPS) is 25.4. The van der Waals surface area contributed by atoms with E-state index >= 15 is 0 Å². The van der Waals surface area contributed by atoms with Crippen LogP contribution in [0.4, 0.5) is 0 Å². The second kappa shape index (κ2) is 8.29. The van der Waals surface area contributed by atoms with Gasteiger partial charge in [-0.2, -0.15) is 0 Å². The van der Waals surface area contributed by atoms with Gasteiger partial charge in [-0.25, -0.2) is 4.79 Å². The predicted molar refractivity (Wildman–Crippen MR) is 111 cm³/mol. The first-order valence-electron chi connectivity index (χ1n) is 10.1. The maximum Gasteiger partial charge on any atom is 0.344 e. The van der Waals surface area contributed by atoms with E-state index in [4.69, 9.17) is 37.4 Å². The van der Waals surface area contributed by atoms with Crippen LogP contribution in [-0.4, -0.2) is 37.7 Å². The number of ketones is 1. The molecule has 0 saturated carbocycles. The van der Waals surface area contributed by atoms with Gasteiger partial charge in [0.1, 0.15) is 17.4 Å². The van der Waals surface area contributed by atoms with E-state index in [0.717, 1.165) is 48.8 Å². The van der Waals surface area contributed by atoms with Crippen LogP contribution in [0.5, 0.6) is 5.75 Å². The average molecular weight is 439 g/mol. The summed E-state index contributed by atoms with van der Waals surface area (Å²) < 4.78 is 16.3. The van der Waals surface area contributed by atoms with Crippen molar-refractivity contribution >= 4 is 40.5 Å². The van der Waals surface area contributed by atoms with Crippen LogP contribution in [0.2, 0.25) is 10.0 Å². The number of esters is 1. The predicted octanol–water partition coefficient (Wildman–Crippen LogP) is 4.79. The van der Waals surface area contributed by atoms with E-state index in [1.54, 1.807) is 6.08 Å². The fourth-order valence-electron chi connectivity index (χ4n) is 4.59. The quantitative estimate of drug-likeness (QED) is 0.597. The molecular weight excluding hydrogens is 415 g/mol. The number of rotatable bonds is 6. The van der Waals surface area contributed by atoms with E-state index in [1.807, 2.05) is 6.07 Å². The smallest absolute Gasteiger partial charge is 0.344 e. The second-order valence-electron chi connectivity index (χ2n) is 7.98. The average Bonchev–Trinajstić information content (AvgIpc) is 3.34. The third-order valence-electron chi connectivity index (χ3n) is 6.26. The largest absolute Gasteiger partial charge is 0.480 e. The molecule has 2 unspecified atom stereocenters. The number of fused-ring (bicyclic) bond motifs is 3. The topological polar surface area (TPSA) is 61.8 Å². The molecule has 1 heterocycles. The first kappa shape index (κ1) is 20.7. The lowest BCUT2D eigenvalue weighted by atomic mass is 9.71. The minimum Gasteiger partial charge on any atom is -0.480 e. The zero-order chi connectivity index (χ0) is 20.6. The number of halogens is 2. The summed E-state index contributed by atoms with van der Waals surface area (Å²) in [6, 6.07) is 1.85. The zero-order valence-corrected chi connectivity index (χ0v) is 17.9. The molecule has 0 bridgehead atoms. The molecule has 2 atom stereocenters. The van der Waals surface area contributed by atoms with Gasteiger partial charge in [0, 0.05) is 24.0 Å². The van der Waals surface area contributed by atoms with Crippen LogP contribution in [0.25, 0.3) is 5.57 Å². The SMILES string of the molecule is CCC12CCC(=O)C=C1c1c(cc(OCC(=O)OCC3CCCO3)c(Cl)c1Cl)C2. The fourth-order valence-corrected chi connectivity index (χ4v) is 5.11. The van der Waals surface area contributed by atoms with Crippen LogP contribution >= 0.6 is 23.2 Å². The van der Waals surface area contributed by atoms with Crippen LogP contribution in [-0.2, 0) is 25.5 Å². The summed E-state index contributed by atoms with van der Waals surface area (Å²) in [5.74, 6) is 0.0138. The van der Waals surface area contributed by atoms with Gasteiger partial charge in [0.15, 0.2) is 12.4 Å². The van der Waals surface area contributed by atoms with E-state index < -0.39 is 5.97 Å². The van der Waals surface area contributed by atoms with Gasteiger partial charge < -0.3 is 14.2 Å². The maximum absolute atomic E-state index is 12.0. The summed E-state index contributed by atoms with van der Waals surface area (Å²) in [6.45, 7) is 2.83. The van der Waals surface area contributed by atoms with Crippen LogP contribution in [0.15, 0.2) is 12.1 Å². The van der Waals surface area contributed by atoms with Crippen LogP contribution in [0.1, 0.15) is 50.2 Å². The molecule has 1 saturated heterocycles. The summed E-state index contributed by atoms with van der Waals surface area (Å²) in [7, 11) is 0. The number of hydrogen-bond donors (Lipinski definition) is 0. The summed E-state index contributed by atoms with van der Waals surface area (Å²) >= 11 is 13.1. The maximum atomic E-state index is 12.0. The lowest BCUT2D eigenvalue weighted by molar-refractivity contribution is -0.149. The zero-order valence-electron chi connectivity index (χ0n) is 16.4. The summed E-state index contributed by atoms with van der Waals surface area (Å²) in [6.07, 6.45) is 6.65. The molecule has 7 heteroatoms. The van der Waals surface area contributed by atoms with Gasteiger partial charge in [-0.1, -0.05) is 30.1 Å². The van der Waals surface area contributed by atoms with E-state index in [-0.39, 0.29) is 35.5 Å². The summed E-state index contributed by atoms with van der Waals surface area (Å²) in [5, 5.41) is 0.631. The van der Waals surface area contributed by atoms with Crippen LogP contribution < -0.4 is 4.74 Å². The molecule has 0 aromatic heterocycles. The Bertz CT molecular complexity index is 872. The number of carbonyl (C=O) groups is 2. The van der Waals surface area contributed by atoms with Gasteiger partial charge >= 0.3 is 5.97 Å². The molecule has 3 aliphatic rings. The number of ether oxygens (including phenoxy) is 3. The Morgan fingerprint density at radius 1 is 1.34 bits per heavy atom. The molecular formula is C22H24Cl2O5. The molecule has 1 aliphatic heterocycles. The van der Waals surface area contributed by atoms with Gasteiger partial charge in [-0.3, -0.25) is 4.79 Å². The Kier molecular flexibility index (Phi) is 5.92. The fraction of sp³-hybridized carbons (Fsp3) is 0.545. The van der Waals surface area contributed by atoms with Crippen molar-refractivity contribution in [3.05, 3.63) is 33.3 Å². The van der Waals surface area contributed by atoms with Gasteiger partial charge in [0.05, 0.1) is 11.1 Å². The lowest BCUT2D eigenvalue weighted by Crippen LogP contribution is -2.24. The highest BCUT2D eigenvalue weighted by atomic mass is 35.5. The van der Waals surface area contributed by atoms with Crippen molar-refractivity contribution in [2.45, 2.75) is 51.6 Å². The number of benzene rings is 1. The van der Waals surface area contributed by atoms with Crippen molar-refractivity contribution in [3.63, 3.8) is 0 Å². The summed E-state index contributed by atoms with van der Waals surface area (Å²) in [5.41, 5.74) is 2.76. The minimum absolute atomic E-state index is 0.0264. The highest BCUT2D eigenvalue weighted by molar-refractivity contribution is 6.44. The van der Waals surface area contributed by atoms with Crippen molar-refractivity contribution < 1.29 is 23.8 Å². The molecule has 156 valence electrons. The monoisotopic (exact) mass is 438 g/mol. The van der Waals surface area contributed by atoms with Crippen molar-refractivity contribution in [2.75, 3.05) is 19.8 Å². The Hall–Kier alpha value is -1.56. The minimum atomic E-state index is -0.472. The van der Waals surface area contributed by atoms with E-state index in [9.17, 15) is 9.59 Å². The first-order valence-corrected chi connectivity index (χ1v) is 10.9. The number of hydrogen-bond acceptors (Lipinski definition) is 5. The lowest BCUT2D eigenvalue weighted by Gasteiger charge is -2.32. The van der Waals surface area contributed by atoms with E-state index in [1.165, 1.54) is 0 Å². The number of allylic oxidation sites excluding steroid dienone is 2. The van der Waals surface area contributed by atoms with Crippen molar-refractivity contribution in [2.24, 2.45) is 5.41 Å². The van der Waals surface area contributed by atoms with E-state index in [0.29, 0.717) is 23.8 Å². The van der Waals surface area contributed by atoms with Crippen LogP contribution in [0.3, 0.4) is 0 Å². The molecule has 4 rings (SSSR count). The molecule has 0 radical (unpaired) electrons. The van der Waals surface area contributed by atoms with Crippen molar-refractivity contribution in [3.8, 4) is 5.75 Å². The van der Waals surface area contributed by atoms with Crippen LogP contribution in [0, 0.1) is 5.41 Å². The molecule has 1 fully saturated rings. The molecule has 1 aromatic rings. The van der Waals surface area contributed by atoms with Crippen molar-refractivity contribution in [1.29, 1.82) is 0 Å². The van der Waals surface area contributed by atoms with Gasteiger partial charge in [0.25, 0.3) is 0 Å². The molecule has 5 nitrogen and oxygen atoms in total. The van der Waals surface area contributed by atoms with Gasteiger partial charge in [-0.05, 0) is 55.4 Å². The highest BCUT2D eigenvalue weighted by Gasteiger charge is 2.44. The van der Waals surface area contributed by atoms with E-state index in [2.05, 4.69) is 6.92 Å². The number of carbonyl (C=O) groups excluding carboxylic acids is 2. The second-order valence-corrected chi connectivity index (χ2v) is 8.73. The third-order valence-corrected chi connectivity index (χ3v) is 7.11. The molecule has 1 aromatic carbocycles. The first-order chi connectivity index (χ1) is 13.9. The molecule has 2 aliphatic carbocycles. The molecule has 0 amide bonds. The molecule has 0 spiro atoms. The Morgan fingerprint density at radius 2 is 2.17 bits per heavy atom. The Morgan fingerprint density at radius 3 is 2.90 bits per heavy atom. The third kappa shape index (κ3) is 3.92. The Balaban J connectivity index is 1.50. The highest BCUT2D eigenvalue weighted by Crippen LogP contribution is 2.57. The summed E-state index contributed by atoms with van der Waals surface area (Å²) in [4.78, 5) is 24.0. The van der Waals surface area contributed by atoms with Gasteiger partial charge in [-0.15, -0.1) is 0 Å². The molecule has 29 heavy (non-hydrogen) atoms. The van der Waals surface area contributed by atoms with Crippen molar-refractivity contribution in [1.82, 2.24) is 0 Å².